The van der Waals surface area contributed by atoms with Crippen molar-refractivity contribution < 1.29 is 5.11 Å². The Balaban J connectivity index is 0.000000605. The number of aliphatic hydroxyl groups is 1. The molecule has 2 saturated heterocycles. The van der Waals surface area contributed by atoms with Crippen molar-refractivity contribution in [3.8, 4) is 0 Å². The molecule has 0 aliphatic carbocycles. The maximum absolute atomic E-state index is 9.29. The summed E-state index contributed by atoms with van der Waals surface area (Å²) in [6.07, 6.45) is 0.900. The molecule has 5 heteroatoms. The second-order valence-corrected chi connectivity index (χ2v) is 3.24. The summed E-state index contributed by atoms with van der Waals surface area (Å²) in [4.78, 5) is 2.38. The smallest absolute Gasteiger partial charge is 0.0682 e. The Morgan fingerprint density at radius 3 is 2.75 bits per heavy atom. The number of nitrogens with zero attached hydrogens (tertiary/aromatic N) is 1. The summed E-state index contributed by atoms with van der Waals surface area (Å²) in [5, 5.41) is 12.6. The first kappa shape index (κ1) is 12.5. The predicted octanol–water partition coefficient (Wildman–Crippen LogP) is -0.132. The Bertz CT molecular complexity index is 123. The molecule has 74 valence electrons. The molecule has 2 fully saturated rings. The van der Waals surface area contributed by atoms with Gasteiger partial charge in [0.05, 0.1) is 6.10 Å². The SMILES string of the molecule is Cl.Cl.O[C@H]1C[C@@H]2CNCCN2C1. The fourth-order valence-electron chi connectivity index (χ4n) is 1.94. The summed E-state index contributed by atoms with van der Waals surface area (Å²) in [5.74, 6) is 0. The third kappa shape index (κ3) is 2.47. The first-order chi connectivity index (χ1) is 4.86. The lowest BCUT2D eigenvalue weighted by Gasteiger charge is -2.29. The molecule has 0 bridgehead atoms. The maximum Gasteiger partial charge on any atom is 0.0682 e. The molecule has 3 nitrogen and oxygen atoms in total. The van der Waals surface area contributed by atoms with Crippen LogP contribution >= 0.6 is 24.8 Å². The van der Waals surface area contributed by atoms with E-state index in [2.05, 4.69) is 10.2 Å². The minimum Gasteiger partial charge on any atom is -0.392 e. The summed E-state index contributed by atoms with van der Waals surface area (Å²) in [6, 6.07) is 0.615. The van der Waals surface area contributed by atoms with Crippen LogP contribution < -0.4 is 5.32 Å². The van der Waals surface area contributed by atoms with Crippen molar-refractivity contribution in [3.63, 3.8) is 0 Å². The second kappa shape index (κ2) is 5.25. The van der Waals surface area contributed by atoms with Crippen molar-refractivity contribution >= 4 is 24.8 Å². The Kier molecular flexibility index (Phi) is 5.45. The number of hydrogen-bond acceptors (Lipinski definition) is 3. The zero-order valence-corrected chi connectivity index (χ0v) is 8.53. The highest BCUT2D eigenvalue weighted by Crippen LogP contribution is 2.18. The van der Waals surface area contributed by atoms with Crippen molar-refractivity contribution in [1.82, 2.24) is 10.2 Å². The van der Waals surface area contributed by atoms with Crippen LogP contribution in [0, 0.1) is 0 Å². The van der Waals surface area contributed by atoms with E-state index in [0.717, 1.165) is 32.6 Å². The average Bonchev–Trinajstić information content (AvgIpc) is 2.27. The lowest BCUT2D eigenvalue weighted by molar-refractivity contribution is 0.170. The molecule has 0 aromatic heterocycles. The quantitative estimate of drug-likeness (QED) is 0.590. The van der Waals surface area contributed by atoms with Crippen LogP contribution in [0.1, 0.15) is 6.42 Å². The molecule has 0 aromatic carbocycles. The number of halogens is 2. The van der Waals surface area contributed by atoms with Gasteiger partial charge in [-0.15, -0.1) is 24.8 Å². The molecule has 12 heavy (non-hydrogen) atoms. The molecular formula is C7H16Cl2N2O. The Morgan fingerprint density at radius 1 is 1.33 bits per heavy atom. The van der Waals surface area contributed by atoms with E-state index < -0.39 is 0 Å². The third-order valence-corrected chi connectivity index (χ3v) is 2.46. The Labute approximate surface area is 85.3 Å². The molecule has 2 N–H and O–H groups in total. The van der Waals surface area contributed by atoms with Gasteiger partial charge in [0.25, 0.3) is 0 Å². The highest BCUT2D eigenvalue weighted by atomic mass is 35.5. The summed E-state index contributed by atoms with van der Waals surface area (Å²) in [7, 11) is 0. The van der Waals surface area contributed by atoms with Gasteiger partial charge in [-0.25, -0.2) is 0 Å². The van der Waals surface area contributed by atoms with Crippen molar-refractivity contribution in [3.05, 3.63) is 0 Å². The lowest BCUT2D eigenvalue weighted by atomic mass is 10.2. The molecule has 0 saturated carbocycles. The summed E-state index contributed by atoms with van der Waals surface area (Å²) < 4.78 is 0. The molecule has 2 rings (SSSR count). The minimum atomic E-state index is -0.0649. The molecule has 2 atom stereocenters. The van der Waals surface area contributed by atoms with Gasteiger partial charge in [-0.05, 0) is 6.42 Å². The largest absolute Gasteiger partial charge is 0.392 e. The first-order valence-electron chi connectivity index (χ1n) is 3.99. The number of fused-ring (bicyclic) bond motifs is 1. The number of aliphatic hydroxyl groups excluding tert-OH is 1. The molecule has 0 spiro atoms. The van der Waals surface area contributed by atoms with Crippen molar-refractivity contribution in [1.29, 1.82) is 0 Å². The van der Waals surface area contributed by atoms with E-state index in [0.29, 0.717) is 6.04 Å². The maximum atomic E-state index is 9.29. The molecule has 0 radical (unpaired) electrons. The second-order valence-electron chi connectivity index (χ2n) is 3.24. The van der Waals surface area contributed by atoms with Crippen LogP contribution in [0.15, 0.2) is 0 Å². The van der Waals surface area contributed by atoms with E-state index >= 15 is 0 Å². The van der Waals surface area contributed by atoms with Crippen LogP contribution in [0.25, 0.3) is 0 Å². The third-order valence-electron chi connectivity index (χ3n) is 2.46. The molecule has 2 aliphatic heterocycles. The summed E-state index contributed by atoms with van der Waals surface area (Å²) in [5.41, 5.74) is 0. The van der Waals surface area contributed by atoms with Crippen molar-refractivity contribution in [2.24, 2.45) is 0 Å². The van der Waals surface area contributed by atoms with Crippen LogP contribution in [0.4, 0.5) is 0 Å². The van der Waals surface area contributed by atoms with Gasteiger partial charge in [-0.3, -0.25) is 4.90 Å². The minimum absolute atomic E-state index is 0. The van der Waals surface area contributed by atoms with E-state index in [-0.39, 0.29) is 30.9 Å². The lowest BCUT2D eigenvalue weighted by Crippen LogP contribution is -2.47. The number of hydrogen-bond donors (Lipinski definition) is 2. The van der Waals surface area contributed by atoms with Crippen molar-refractivity contribution in [2.45, 2.75) is 18.6 Å². The van der Waals surface area contributed by atoms with E-state index in [1.165, 1.54) is 0 Å². The highest BCUT2D eigenvalue weighted by molar-refractivity contribution is 5.85. The van der Waals surface area contributed by atoms with Crippen LogP contribution in [0.5, 0.6) is 0 Å². The topological polar surface area (TPSA) is 35.5 Å². The Hall–Kier alpha value is 0.460. The highest BCUT2D eigenvalue weighted by Gasteiger charge is 2.31. The molecule has 0 amide bonds. The normalized spacial score (nSPS) is 34.8. The van der Waals surface area contributed by atoms with Gasteiger partial charge in [-0.2, -0.15) is 0 Å². The summed E-state index contributed by atoms with van der Waals surface area (Å²) >= 11 is 0. The molecular weight excluding hydrogens is 199 g/mol. The van der Waals surface area contributed by atoms with Gasteiger partial charge >= 0.3 is 0 Å². The predicted molar refractivity (Wildman–Crippen MR) is 53.4 cm³/mol. The standard InChI is InChI=1S/C7H14N2O.2ClH/c10-7-3-6-4-8-1-2-9(6)5-7;;/h6-8,10H,1-5H2;2*1H/t6-,7+;;/m1../s1. The van der Waals surface area contributed by atoms with Gasteiger partial charge in [0.1, 0.15) is 0 Å². The van der Waals surface area contributed by atoms with E-state index in [1.54, 1.807) is 0 Å². The van der Waals surface area contributed by atoms with Crippen molar-refractivity contribution in [2.75, 3.05) is 26.2 Å². The zero-order valence-electron chi connectivity index (χ0n) is 6.90. The number of nitrogens with one attached hydrogen (secondary N) is 1. The Morgan fingerprint density at radius 2 is 2.08 bits per heavy atom. The average molecular weight is 215 g/mol. The van der Waals surface area contributed by atoms with Gasteiger partial charge in [0.2, 0.25) is 0 Å². The van der Waals surface area contributed by atoms with Crippen LogP contribution in [0.3, 0.4) is 0 Å². The van der Waals surface area contributed by atoms with Crippen LogP contribution in [-0.4, -0.2) is 48.3 Å². The molecule has 2 heterocycles. The monoisotopic (exact) mass is 214 g/mol. The molecule has 0 unspecified atom stereocenters. The molecule has 0 aromatic rings. The number of piperazine rings is 1. The first-order valence-corrected chi connectivity index (χ1v) is 3.99. The van der Waals surface area contributed by atoms with Gasteiger partial charge in [0, 0.05) is 32.2 Å². The van der Waals surface area contributed by atoms with E-state index in [4.69, 9.17) is 0 Å². The van der Waals surface area contributed by atoms with Gasteiger partial charge in [-0.1, -0.05) is 0 Å². The molecule has 2 aliphatic rings. The fraction of sp³-hybridized carbons (Fsp3) is 1.00. The van der Waals surface area contributed by atoms with Crippen LogP contribution in [-0.2, 0) is 0 Å². The zero-order chi connectivity index (χ0) is 6.97. The van der Waals surface area contributed by atoms with Gasteiger partial charge in [0.15, 0.2) is 0 Å². The van der Waals surface area contributed by atoms with Gasteiger partial charge < -0.3 is 10.4 Å². The number of rotatable bonds is 0. The van der Waals surface area contributed by atoms with E-state index in [9.17, 15) is 5.11 Å². The fourth-order valence-corrected chi connectivity index (χ4v) is 1.94. The summed E-state index contributed by atoms with van der Waals surface area (Å²) in [6.45, 7) is 4.16. The van der Waals surface area contributed by atoms with Crippen LogP contribution in [0.2, 0.25) is 0 Å². The van der Waals surface area contributed by atoms with E-state index in [1.807, 2.05) is 0 Å².